The van der Waals surface area contributed by atoms with Crippen LogP contribution in [0.15, 0.2) is 15.5 Å². The van der Waals surface area contributed by atoms with Gasteiger partial charge in [-0.25, -0.2) is 18.1 Å². The SMILES string of the molecule is CNCc1c(C)oc(C)c1S(=O)(=O)NCc1ncc(C)s1. The first-order valence-corrected chi connectivity index (χ1v) is 8.79. The van der Waals surface area contributed by atoms with Crippen LogP contribution in [0, 0.1) is 20.8 Å². The van der Waals surface area contributed by atoms with Crippen molar-refractivity contribution in [1.82, 2.24) is 15.0 Å². The lowest BCUT2D eigenvalue weighted by molar-refractivity contribution is 0.493. The molecule has 8 heteroatoms. The summed E-state index contributed by atoms with van der Waals surface area (Å²) in [5, 5.41) is 3.71. The Bertz CT molecular complexity index is 732. The Labute approximate surface area is 128 Å². The van der Waals surface area contributed by atoms with Crippen molar-refractivity contribution in [2.75, 3.05) is 7.05 Å². The summed E-state index contributed by atoms with van der Waals surface area (Å²) in [7, 11) is -1.86. The van der Waals surface area contributed by atoms with Gasteiger partial charge in [-0.3, -0.25) is 0 Å². The third-order valence-electron chi connectivity index (χ3n) is 3.03. The van der Waals surface area contributed by atoms with Crippen LogP contribution in [0.5, 0.6) is 0 Å². The average molecular weight is 329 g/mol. The number of rotatable bonds is 6. The summed E-state index contributed by atoms with van der Waals surface area (Å²) >= 11 is 1.47. The first-order chi connectivity index (χ1) is 9.85. The molecule has 2 heterocycles. The van der Waals surface area contributed by atoms with E-state index < -0.39 is 10.0 Å². The van der Waals surface area contributed by atoms with E-state index in [1.165, 1.54) is 11.3 Å². The van der Waals surface area contributed by atoms with Crippen LogP contribution in [0.4, 0.5) is 0 Å². The highest BCUT2D eigenvalue weighted by molar-refractivity contribution is 7.89. The molecule has 0 aromatic carbocycles. The van der Waals surface area contributed by atoms with Crippen molar-refractivity contribution in [3.05, 3.63) is 33.2 Å². The van der Waals surface area contributed by atoms with Crippen LogP contribution in [0.3, 0.4) is 0 Å². The van der Waals surface area contributed by atoms with Gasteiger partial charge in [0, 0.05) is 23.2 Å². The second-order valence-electron chi connectivity index (χ2n) is 4.74. The topological polar surface area (TPSA) is 84.2 Å². The lowest BCUT2D eigenvalue weighted by Gasteiger charge is -2.07. The molecule has 2 N–H and O–H groups in total. The summed E-state index contributed by atoms with van der Waals surface area (Å²) in [5.41, 5.74) is 0.665. The highest BCUT2D eigenvalue weighted by Gasteiger charge is 2.26. The lowest BCUT2D eigenvalue weighted by Crippen LogP contribution is -2.25. The quantitative estimate of drug-likeness (QED) is 0.845. The number of aromatic nitrogens is 1. The van der Waals surface area contributed by atoms with Crippen molar-refractivity contribution in [2.45, 2.75) is 38.8 Å². The molecule has 116 valence electrons. The summed E-state index contributed by atoms with van der Waals surface area (Å²) < 4.78 is 33.1. The van der Waals surface area contributed by atoms with Gasteiger partial charge in [0.25, 0.3) is 0 Å². The van der Waals surface area contributed by atoms with Crippen molar-refractivity contribution in [1.29, 1.82) is 0 Å². The summed E-state index contributed by atoms with van der Waals surface area (Å²) in [6.07, 6.45) is 1.73. The smallest absolute Gasteiger partial charge is 0.244 e. The first kappa shape index (κ1) is 16.2. The van der Waals surface area contributed by atoms with Crippen LogP contribution in [0.25, 0.3) is 0 Å². The third kappa shape index (κ3) is 3.52. The average Bonchev–Trinajstić information content (AvgIpc) is 2.92. The van der Waals surface area contributed by atoms with Gasteiger partial charge in [0.1, 0.15) is 21.4 Å². The van der Waals surface area contributed by atoms with Gasteiger partial charge in [0.05, 0.1) is 6.54 Å². The maximum Gasteiger partial charge on any atom is 0.244 e. The minimum Gasteiger partial charge on any atom is -0.465 e. The van der Waals surface area contributed by atoms with Gasteiger partial charge in [-0.15, -0.1) is 11.3 Å². The van der Waals surface area contributed by atoms with E-state index in [2.05, 4.69) is 15.0 Å². The van der Waals surface area contributed by atoms with Crippen LogP contribution in [-0.2, 0) is 23.1 Å². The number of nitrogens with one attached hydrogen (secondary N) is 2. The molecular weight excluding hydrogens is 310 g/mol. The fraction of sp³-hybridized carbons (Fsp3) is 0.462. The summed E-state index contributed by atoms with van der Waals surface area (Å²) in [6.45, 7) is 5.99. The van der Waals surface area contributed by atoms with Crippen LogP contribution in [0.2, 0.25) is 0 Å². The van der Waals surface area contributed by atoms with Gasteiger partial charge in [-0.1, -0.05) is 0 Å². The summed E-state index contributed by atoms with van der Waals surface area (Å²) in [6, 6.07) is 0. The molecule has 0 spiro atoms. The van der Waals surface area contributed by atoms with Gasteiger partial charge >= 0.3 is 0 Å². The minimum atomic E-state index is -3.63. The maximum atomic E-state index is 12.5. The second kappa shape index (κ2) is 6.27. The standard InChI is InChI=1S/C13H19N3O3S2/c1-8-5-15-12(20-8)7-16-21(17,18)13-10(3)19-9(2)11(13)6-14-4/h5,14,16H,6-7H2,1-4H3. The Hall–Kier alpha value is -1.22. The molecular formula is C13H19N3O3S2. The highest BCUT2D eigenvalue weighted by atomic mass is 32.2. The maximum absolute atomic E-state index is 12.5. The van der Waals surface area contributed by atoms with Crippen LogP contribution >= 0.6 is 11.3 Å². The van der Waals surface area contributed by atoms with Crippen LogP contribution in [-0.4, -0.2) is 20.4 Å². The predicted octanol–water partition coefficient (Wildman–Crippen LogP) is 1.86. The molecule has 2 aromatic rings. The van der Waals surface area contributed by atoms with Crippen LogP contribution < -0.4 is 10.0 Å². The Morgan fingerprint density at radius 1 is 1.24 bits per heavy atom. The van der Waals surface area contributed by atoms with E-state index in [0.717, 1.165) is 9.88 Å². The molecule has 0 saturated heterocycles. The predicted molar refractivity (Wildman–Crippen MR) is 81.8 cm³/mol. The largest absolute Gasteiger partial charge is 0.465 e. The van der Waals surface area contributed by atoms with Gasteiger partial charge < -0.3 is 9.73 Å². The first-order valence-electron chi connectivity index (χ1n) is 6.49. The van der Waals surface area contributed by atoms with E-state index in [1.807, 2.05) is 6.92 Å². The van der Waals surface area contributed by atoms with Gasteiger partial charge in [-0.05, 0) is 27.8 Å². The fourth-order valence-electron chi connectivity index (χ4n) is 2.15. The van der Waals surface area contributed by atoms with Crippen molar-refractivity contribution in [3.8, 4) is 0 Å². The Morgan fingerprint density at radius 3 is 2.52 bits per heavy atom. The Kier molecular flexibility index (Phi) is 4.82. The number of thiazole rings is 1. The molecule has 0 saturated carbocycles. The third-order valence-corrected chi connectivity index (χ3v) is 5.54. The number of sulfonamides is 1. The minimum absolute atomic E-state index is 0.184. The van der Waals surface area contributed by atoms with E-state index in [-0.39, 0.29) is 11.4 Å². The molecule has 21 heavy (non-hydrogen) atoms. The number of nitrogens with zero attached hydrogens (tertiary/aromatic N) is 1. The molecule has 0 atom stereocenters. The molecule has 0 aliphatic carbocycles. The molecule has 0 aliphatic heterocycles. The zero-order chi connectivity index (χ0) is 15.6. The summed E-state index contributed by atoms with van der Waals surface area (Å²) in [5.74, 6) is 1.02. The fourth-order valence-corrected chi connectivity index (χ4v) is 4.40. The van der Waals surface area contributed by atoms with Gasteiger partial charge in [-0.2, -0.15) is 0 Å². The Morgan fingerprint density at radius 2 is 1.95 bits per heavy atom. The molecule has 6 nitrogen and oxygen atoms in total. The molecule has 0 aliphatic rings. The van der Waals surface area contributed by atoms with Crippen molar-refractivity contribution in [3.63, 3.8) is 0 Å². The monoisotopic (exact) mass is 329 g/mol. The number of hydrogen-bond donors (Lipinski definition) is 2. The van der Waals surface area contributed by atoms with E-state index in [4.69, 9.17) is 4.42 Å². The van der Waals surface area contributed by atoms with Crippen molar-refractivity contribution >= 4 is 21.4 Å². The lowest BCUT2D eigenvalue weighted by atomic mass is 10.2. The van der Waals surface area contributed by atoms with E-state index in [0.29, 0.717) is 23.6 Å². The van der Waals surface area contributed by atoms with Crippen molar-refractivity contribution < 1.29 is 12.8 Å². The van der Waals surface area contributed by atoms with Gasteiger partial charge in [0.15, 0.2) is 0 Å². The zero-order valence-corrected chi connectivity index (χ0v) is 14.1. The molecule has 2 aromatic heterocycles. The molecule has 2 rings (SSSR count). The second-order valence-corrected chi connectivity index (χ2v) is 7.76. The van der Waals surface area contributed by atoms with E-state index in [9.17, 15) is 8.42 Å². The van der Waals surface area contributed by atoms with E-state index in [1.54, 1.807) is 27.1 Å². The number of furan rings is 1. The van der Waals surface area contributed by atoms with Gasteiger partial charge in [0.2, 0.25) is 10.0 Å². The summed E-state index contributed by atoms with van der Waals surface area (Å²) in [4.78, 5) is 5.43. The molecule has 0 bridgehead atoms. The number of hydrogen-bond acceptors (Lipinski definition) is 6. The molecule has 0 amide bonds. The van der Waals surface area contributed by atoms with Crippen LogP contribution in [0.1, 0.15) is 27.0 Å². The Balaban J connectivity index is 2.27. The molecule has 0 radical (unpaired) electrons. The number of aryl methyl sites for hydroxylation is 3. The highest BCUT2D eigenvalue weighted by Crippen LogP contribution is 2.26. The molecule has 0 unspecified atom stereocenters. The molecule has 0 fully saturated rings. The zero-order valence-electron chi connectivity index (χ0n) is 12.5. The van der Waals surface area contributed by atoms with E-state index >= 15 is 0 Å². The normalized spacial score (nSPS) is 12.0. The van der Waals surface area contributed by atoms with Crippen molar-refractivity contribution in [2.24, 2.45) is 0 Å².